The average Bonchev–Trinajstić information content (AvgIpc) is 2.71. The van der Waals surface area contributed by atoms with Crippen molar-refractivity contribution in [1.29, 1.82) is 0 Å². The maximum Gasteiger partial charge on any atom is 0.238 e. The molecule has 0 saturated carbocycles. The van der Waals surface area contributed by atoms with Gasteiger partial charge < -0.3 is 10.2 Å². The summed E-state index contributed by atoms with van der Waals surface area (Å²) in [5.74, 6) is -0.311. The van der Waals surface area contributed by atoms with E-state index in [1.54, 1.807) is 12.1 Å². The van der Waals surface area contributed by atoms with E-state index in [9.17, 15) is 14.0 Å². The van der Waals surface area contributed by atoms with Crippen LogP contribution in [0.5, 0.6) is 0 Å². The number of carbonyl (C=O) groups excluding carboxylic acids is 2. The molecule has 1 atom stereocenters. The number of nitrogens with one attached hydrogen (secondary N) is 1. The first-order valence-electron chi connectivity index (χ1n) is 9.40. The van der Waals surface area contributed by atoms with Crippen LogP contribution in [0.2, 0.25) is 0 Å². The second-order valence-electron chi connectivity index (χ2n) is 7.04. The van der Waals surface area contributed by atoms with Crippen molar-refractivity contribution in [3.8, 4) is 0 Å². The highest BCUT2D eigenvalue weighted by atomic mass is 32.2. The molecule has 5 nitrogen and oxygen atoms in total. The molecule has 28 heavy (non-hydrogen) atoms. The van der Waals surface area contributed by atoms with E-state index in [4.69, 9.17) is 0 Å². The molecule has 2 amide bonds. The monoisotopic (exact) mass is 399 g/mol. The van der Waals surface area contributed by atoms with Gasteiger partial charge in [-0.3, -0.25) is 14.5 Å². The lowest BCUT2D eigenvalue weighted by atomic mass is 10.1. The van der Waals surface area contributed by atoms with Crippen LogP contribution in [0.25, 0.3) is 0 Å². The van der Waals surface area contributed by atoms with Crippen molar-refractivity contribution in [2.24, 2.45) is 0 Å². The summed E-state index contributed by atoms with van der Waals surface area (Å²) in [6.07, 6.45) is 0.193. The number of halogens is 1. The summed E-state index contributed by atoms with van der Waals surface area (Å²) in [7, 11) is 0. The first-order valence-corrected chi connectivity index (χ1v) is 10.3. The standard InChI is InChI=1S/C21H22FN3O2S/c22-16-6-2-1-5-15(16)14-24-9-11-25(12-10-24)20(26)13-19-21(27)23-17-7-3-4-8-18(17)28-19/h1-8,19H,9-14H2,(H,23,27). The van der Waals surface area contributed by atoms with Crippen LogP contribution in [-0.2, 0) is 16.1 Å². The second kappa shape index (κ2) is 8.32. The molecular weight excluding hydrogens is 377 g/mol. The predicted molar refractivity (Wildman–Crippen MR) is 108 cm³/mol. The third-order valence-electron chi connectivity index (χ3n) is 5.14. The Morgan fingerprint density at radius 1 is 1.07 bits per heavy atom. The van der Waals surface area contributed by atoms with Gasteiger partial charge in [0, 0.05) is 49.6 Å². The number of anilines is 1. The van der Waals surface area contributed by atoms with Gasteiger partial charge in [0.05, 0.1) is 10.9 Å². The van der Waals surface area contributed by atoms with Crippen molar-refractivity contribution in [3.63, 3.8) is 0 Å². The Morgan fingerprint density at radius 3 is 2.57 bits per heavy atom. The van der Waals surface area contributed by atoms with Crippen LogP contribution in [-0.4, -0.2) is 53.0 Å². The normalized spacial score (nSPS) is 19.8. The fourth-order valence-corrected chi connectivity index (χ4v) is 4.64. The molecule has 1 unspecified atom stereocenters. The van der Waals surface area contributed by atoms with Gasteiger partial charge in [-0.1, -0.05) is 30.3 Å². The van der Waals surface area contributed by atoms with Crippen molar-refractivity contribution >= 4 is 29.3 Å². The van der Waals surface area contributed by atoms with Crippen LogP contribution in [0.4, 0.5) is 10.1 Å². The van der Waals surface area contributed by atoms with Gasteiger partial charge in [-0.25, -0.2) is 4.39 Å². The van der Waals surface area contributed by atoms with Gasteiger partial charge >= 0.3 is 0 Å². The number of carbonyl (C=O) groups is 2. The van der Waals surface area contributed by atoms with Crippen molar-refractivity contribution < 1.29 is 14.0 Å². The van der Waals surface area contributed by atoms with Crippen molar-refractivity contribution in [3.05, 3.63) is 59.9 Å². The van der Waals surface area contributed by atoms with E-state index >= 15 is 0 Å². The summed E-state index contributed by atoms with van der Waals surface area (Å²) in [6, 6.07) is 14.4. The fraction of sp³-hybridized carbons (Fsp3) is 0.333. The first kappa shape index (κ1) is 19.0. The number of piperazine rings is 1. The van der Waals surface area contributed by atoms with Gasteiger partial charge in [-0.2, -0.15) is 0 Å². The summed E-state index contributed by atoms with van der Waals surface area (Å²) in [5.41, 5.74) is 1.49. The van der Waals surface area contributed by atoms with Gasteiger partial charge in [-0.05, 0) is 18.2 Å². The number of hydrogen-bond donors (Lipinski definition) is 1. The first-order chi connectivity index (χ1) is 13.6. The molecule has 1 fully saturated rings. The number of fused-ring (bicyclic) bond motifs is 1. The SMILES string of the molecule is O=C1Nc2ccccc2SC1CC(=O)N1CCN(Cc2ccccc2F)CC1. The van der Waals surface area contributed by atoms with Gasteiger partial charge in [0.1, 0.15) is 5.82 Å². The highest BCUT2D eigenvalue weighted by Gasteiger charge is 2.31. The maximum absolute atomic E-state index is 13.8. The third kappa shape index (κ3) is 4.20. The molecule has 0 spiro atoms. The molecule has 1 saturated heterocycles. The Kier molecular flexibility index (Phi) is 5.64. The molecule has 0 radical (unpaired) electrons. The average molecular weight is 399 g/mol. The van der Waals surface area contributed by atoms with E-state index in [1.165, 1.54) is 17.8 Å². The molecule has 0 aliphatic carbocycles. The van der Waals surface area contributed by atoms with Crippen molar-refractivity contribution in [2.45, 2.75) is 23.1 Å². The number of hydrogen-bond acceptors (Lipinski definition) is 4. The number of rotatable bonds is 4. The lowest BCUT2D eigenvalue weighted by molar-refractivity contribution is -0.134. The highest BCUT2D eigenvalue weighted by Crippen LogP contribution is 2.36. The lowest BCUT2D eigenvalue weighted by Crippen LogP contribution is -2.49. The van der Waals surface area contributed by atoms with E-state index in [0.29, 0.717) is 38.3 Å². The highest BCUT2D eigenvalue weighted by molar-refractivity contribution is 8.01. The summed E-state index contributed by atoms with van der Waals surface area (Å²) in [6.45, 7) is 3.15. The van der Waals surface area contributed by atoms with Gasteiger partial charge in [0.2, 0.25) is 11.8 Å². The molecule has 7 heteroatoms. The molecule has 2 aliphatic rings. The minimum atomic E-state index is -0.404. The predicted octanol–water partition coefficient (Wildman–Crippen LogP) is 2.97. The number of amides is 2. The summed E-state index contributed by atoms with van der Waals surface area (Å²) < 4.78 is 13.8. The van der Waals surface area contributed by atoms with Crippen LogP contribution in [0.3, 0.4) is 0 Å². The number of benzene rings is 2. The van der Waals surface area contributed by atoms with Crippen LogP contribution in [0.1, 0.15) is 12.0 Å². The van der Waals surface area contributed by atoms with E-state index in [-0.39, 0.29) is 24.1 Å². The van der Waals surface area contributed by atoms with Crippen LogP contribution in [0.15, 0.2) is 53.4 Å². The van der Waals surface area contributed by atoms with Gasteiger partial charge in [-0.15, -0.1) is 11.8 Å². The summed E-state index contributed by atoms with van der Waals surface area (Å²) >= 11 is 1.45. The third-order valence-corrected chi connectivity index (χ3v) is 6.42. The quantitative estimate of drug-likeness (QED) is 0.859. The number of nitrogens with zero attached hydrogens (tertiary/aromatic N) is 2. The second-order valence-corrected chi connectivity index (χ2v) is 8.29. The summed E-state index contributed by atoms with van der Waals surface area (Å²) in [5, 5.41) is 2.48. The zero-order valence-electron chi connectivity index (χ0n) is 15.4. The van der Waals surface area contributed by atoms with Crippen molar-refractivity contribution in [1.82, 2.24) is 9.80 Å². The van der Waals surface area contributed by atoms with E-state index in [1.807, 2.05) is 35.2 Å². The molecule has 2 aromatic carbocycles. The molecule has 2 heterocycles. The molecule has 1 N–H and O–H groups in total. The largest absolute Gasteiger partial charge is 0.340 e. The van der Waals surface area contributed by atoms with Crippen LogP contribution < -0.4 is 5.32 Å². The summed E-state index contributed by atoms with van der Waals surface area (Å²) in [4.78, 5) is 30.0. The molecule has 146 valence electrons. The Labute approximate surface area is 167 Å². The van der Waals surface area contributed by atoms with E-state index in [2.05, 4.69) is 10.2 Å². The zero-order valence-corrected chi connectivity index (χ0v) is 16.3. The number of para-hydroxylation sites is 1. The minimum Gasteiger partial charge on any atom is -0.340 e. The zero-order chi connectivity index (χ0) is 19.5. The lowest BCUT2D eigenvalue weighted by Gasteiger charge is -2.35. The molecule has 0 aromatic heterocycles. The Balaban J connectivity index is 1.30. The van der Waals surface area contributed by atoms with Crippen molar-refractivity contribution in [2.75, 3.05) is 31.5 Å². The maximum atomic E-state index is 13.8. The molecule has 4 rings (SSSR count). The molecule has 2 aromatic rings. The smallest absolute Gasteiger partial charge is 0.238 e. The van der Waals surface area contributed by atoms with Gasteiger partial charge in [0.25, 0.3) is 0 Å². The Hall–Kier alpha value is -2.38. The minimum absolute atomic E-state index is 0.00225. The molecule has 0 bridgehead atoms. The van der Waals surface area contributed by atoms with E-state index in [0.717, 1.165) is 10.6 Å². The van der Waals surface area contributed by atoms with Crippen LogP contribution in [0, 0.1) is 5.82 Å². The van der Waals surface area contributed by atoms with E-state index < -0.39 is 5.25 Å². The topological polar surface area (TPSA) is 52.7 Å². The van der Waals surface area contributed by atoms with Gasteiger partial charge in [0.15, 0.2) is 0 Å². The molecular formula is C21H22FN3O2S. The number of thioether (sulfide) groups is 1. The Morgan fingerprint density at radius 2 is 1.79 bits per heavy atom. The molecule has 2 aliphatic heterocycles. The van der Waals surface area contributed by atoms with Crippen LogP contribution >= 0.6 is 11.8 Å². The Bertz CT molecular complexity index is 883. The fourth-order valence-electron chi connectivity index (χ4n) is 3.54.